The van der Waals surface area contributed by atoms with E-state index in [-0.39, 0.29) is 12.3 Å². The van der Waals surface area contributed by atoms with Crippen molar-refractivity contribution in [3.63, 3.8) is 0 Å². The third-order valence-electron chi connectivity index (χ3n) is 5.22. The van der Waals surface area contributed by atoms with E-state index in [1.807, 2.05) is 36.4 Å². The minimum atomic E-state index is -0.207. The van der Waals surface area contributed by atoms with Crippen LogP contribution in [0.25, 0.3) is 10.9 Å². The van der Waals surface area contributed by atoms with Crippen molar-refractivity contribution in [2.24, 2.45) is 5.10 Å². The van der Waals surface area contributed by atoms with Gasteiger partial charge in [-0.25, -0.2) is 5.43 Å². The summed E-state index contributed by atoms with van der Waals surface area (Å²) in [5, 5.41) is 5.28. The Morgan fingerprint density at radius 2 is 1.69 bits per heavy atom. The van der Waals surface area contributed by atoms with Gasteiger partial charge in [0, 0.05) is 29.2 Å². The van der Waals surface area contributed by atoms with Crippen LogP contribution in [0.15, 0.2) is 84.1 Å². The highest BCUT2D eigenvalue weighted by atomic mass is 16.5. The summed E-state index contributed by atoms with van der Waals surface area (Å²) in [6, 6.07) is 23.9. The largest absolute Gasteiger partial charge is 0.493 e. The monoisotopic (exact) mass is 427 g/mol. The highest BCUT2D eigenvalue weighted by Gasteiger charge is 2.09. The molecule has 0 aliphatic carbocycles. The number of ether oxygens (including phenoxy) is 2. The van der Waals surface area contributed by atoms with Crippen molar-refractivity contribution in [1.29, 1.82) is 0 Å². The molecule has 1 amide bonds. The van der Waals surface area contributed by atoms with E-state index in [9.17, 15) is 4.79 Å². The number of hydrazone groups is 1. The molecule has 162 valence electrons. The first-order valence-electron chi connectivity index (χ1n) is 10.3. The highest BCUT2D eigenvalue weighted by Crippen LogP contribution is 2.27. The second kappa shape index (κ2) is 9.83. The molecule has 0 fully saturated rings. The summed E-state index contributed by atoms with van der Waals surface area (Å²) in [6.07, 6.45) is 3.94. The smallest absolute Gasteiger partial charge is 0.244 e. The van der Waals surface area contributed by atoms with Gasteiger partial charge in [0.1, 0.15) is 0 Å². The molecule has 0 spiro atoms. The third-order valence-corrected chi connectivity index (χ3v) is 5.22. The third kappa shape index (κ3) is 4.81. The number of benzene rings is 3. The van der Waals surface area contributed by atoms with Gasteiger partial charge >= 0.3 is 0 Å². The first-order chi connectivity index (χ1) is 15.7. The van der Waals surface area contributed by atoms with E-state index in [0.29, 0.717) is 11.5 Å². The molecule has 1 heterocycles. The van der Waals surface area contributed by atoms with Crippen LogP contribution >= 0.6 is 0 Å². The number of para-hydroxylation sites is 1. The van der Waals surface area contributed by atoms with Gasteiger partial charge in [-0.2, -0.15) is 5.10 Å². The number of fused-ring (bicyclic) bond motifs is 1. The second-order valence-corrected chi connectivity index (χ2v) is 7.37. The summed E-state index contributed by atoms with van der Waals surface area (Å²) >= 11 is 0. The molecule has 6 heteroatoms. The summed E-state index contributed by atoms with van der Waals surface area (Å²) in [6.45, 7) is 0.765. The summed E-state index contributed by atoms with van der Waals surface area (Å²) in [4.78, 5) is 12.4. The zero-order chi connectivity index (χ0) is 22.3. The number of amides is 1. The lowest BCUT2D eigenvalue weighted by Gasteiger charge is -2.09. The summed E-state index contributed by atoms with van der Waals surface area (Å²) < 4.78 is 12.7. The molecule has 0 unspecified atom stereocenters. The van der Waals surface area contributed by atoms with Crippen molar-refractivity contribution in [1.82, 2.24) is 9.99 Å². The number of methoxy groups -OCH3 is 2. The Morgan fingerprint density at radius 3 is 2.47 bits per heavy atom. The van der Waals surface area contributed by atoms with Gasteiger partial charge in [0.05, 0.1) is 26.9 Å². The van der Waals surface area contributed by atoms with E-state index < -0.39 is 0 Å². The number of rotatable bonds is 8. The van der Waals surface area contributed by atoms with Gasteiger partial charge in [-0.1, -0.05) is 54.6 Å². The van der Waals surface area contributed by atoms with E-state index in [4.69, 9.17) is 9.47 Å². The van der Waals surface area contributed by atoms with Crippen LogP contribution in [0.4, 0.5) is 0 Å². The molecule has 4 aromatic rings. The second-order valence-electron chi connectivity index (χ2n) is 7.37. The van der Waals surface area contributed by atoms with Gasteiger partial charge in [0.2, 0.25) is 5.91 Å². The standard InChI is InChI=1S/C26H25N3O3/c1-31-24-13-12-20(14-25(24)32-2)15-26(30)28-27-16-21-18-29(17-19-8-4-3-5-9-19)23-11-7-6-10-22(21)23/h3-14,16,18H,15,17H2,1-2H3,(H,28,30). The van der Waals surface area contributed by atoms with E-state index in [1.165, 1.54) is 5.56 Å². The van der Waals surface area contributed by atoms with Crippen molar-refractivity contribution >= 4 is 23.0 Å². The Labute approximate surface area is 187 Å². The van der Waals surface area contributed by atoms with Gasteiger partial charge in [0.25, 0.3) is 0 Å². The highest BCUT2D eigenvalue weighted by molar-refractivity contribution is 5.99. The lowest BCUT2D eigenvalue weighted by molar-refractivity contribution is -0.120. The Balaban J connectivity index is 1.46. The Hall–Kier alpha value is -4.06. The van der Waals surface area contributed by atoms with Crippen LogP contribution in [-0.4, -0.2) is 30.9 Å². The van der Waals surface area contributed by atoms with E-state index >= 15 is 0 Å². The van der Waals surface area contributed by atoms with Crippen LogP contribution in [0.1, 0.15) is 16.7 Å². The molecule has 3 aromatic carbocycles. The average molecular weight is 428 g/mol. The Morgan fingerprint density at radius 1 is 0.938 bits per heavy atom. The lowest BCUT2D eigenvalue weighted by atomic mass is 10.1. The molecule has 0 atom stereocenters. The van der Waals surface area contributed by atoms with Crippen LogP contribution in [-0.2, 0) is 17.8 Å². The first kappa shape index (κ1) is 21.2. The number of nitrogens with one attached hydrogen (secondary N) is 1. The molecule has 0 saturated carbocycles. The fraction of sp³-hybridized carbons (Fsp3) is 0.154. The number of hydrogen-bond donors (Lipinski definition) is 1. The summed E-state index contributed by atoms with van der Waals surface area (Å²) in [7, 11) is 3.15. The molecule has 6 nitrogen and oxygen atoms in total. The number of hydrogen-bond acceptors (Lipinski definition) is 4. The van der Waals surface area contributed by atoms with Crippen molar-refractivity contribution in [2.45, 2.75) is 13.0 Å². The molecule has 0 aliphatic heterocycles. The summed E-state index contributed by atoms with van der Waals surface area (Å²) in [5.41, 5.74) is 6.72. The van der Waals surface area contributed by atoms with Crippen LogP contribution in [0.3, 0.4) is 0 Å². The molecule has 4 rings (SSSR count). The quantitative estimate of drug-likeness (QED) is 0.335. The minimum absolute atomic E-state index is 0.188. The molecular weight excluding hydrogens is 402 g/mol. The molecule has 0 bridgehead atoms. The predicted octanol–water partition coefficient (Wildman–Crippen LogP) is 4.40. The van der Waals surface area contributed by atoms with Gasteiger partial charge in [0.15, 0.2) is 11.5 Å². The minimum Gasteiger partial charge on any atom is -0.493 e. The van der Waals surface area contributed by atoms with E-state index in [2.05, 4.69) is 45.6 Å². The van der Waals surface area contributed by atoms with Crippen molar-refractivity contribution in [3.05, 3.63) is 95.7 Å². The topological polar surface area (TPSA) is 64.8 Å². The molecule has 0 radical (unpaired) electrons. The van der Waals surface area contributed by atoms with E-state index in [0.717, 1.165) is 28.6 Å². The van der Waals surface area contributed by atoms with Crippen LogP contribution in [0, 0.1) is 0 Å². The van der Waals surface area contributed by atoms with Crippen LogP contribution < -0.4 is 14.9 Å². The maximum absolute atomic E-state index is 12.4. The molecule has 0 saturated heterocycles. The molecule has 1 aromatic heterocycles. The van der Waals surface area contributed by atoms with Crippen LogP contribution in [0.5, 0.6) is 11.5 Å². The number of carbonyl (C=O) groups is 1. The maximum Gasteiger partial charge on any atom is 0.244 e. The molecule has 32 heavy (non-hydrogen) atoms. The Bertz CT molecular complexity index is 1250. The normalized spacial score (nSPS) is 11.1. The summed E-state index contributed by atoms with van der Waals surface area (Å²) in [5.74, 6) is 1.01. The van der Waals surface area contributed by atoms with Gasteiger partial charge < -0.3 is 14.0 Å². The number of aromatic nitrogens is 1. The Kier molecular flexibility index (Phi) is 6.51. The fourth-order valence-corrected chi connectivity index (χ4v) is 3.68. The maximum atomic E-state index is 12.4. The van der Waals surface area contributed by atoms with Gasteiger partial charge in [-0.15, -0.1) is 0 Å². The zero-order valence-electron chi connectivity index (χ0n) is 18.1. The van der Waals surface area contributed by atoms with E-state index in [1.54, 1.807) is 32.6 Å². The molecule has 1 N–H and O–H groups in total. The predicted molar refractivity (Wildman–Crippen MR) is 126 cm³/mol. The van der Waals surface area contributed by atoms with Crippen LogP contribution in [0.2, 0.25) is 0 Å². The lowest BCUT2D eigenvalue weighted by Crippen LogP contribution is -2.19. The van der Waals surface area contributed by atoms with Crippen molar-refractivity contribution in [2.75, 3.05) is 14.2 Å². The van der Waals surface area contributed by atoms with Crippen molar-refractivity contribution in [3.8, 4) is 11.5 Å². The zero-order valence-corrected chi connectivity index (χ0v) is 18.1. The average Bonchev–Trinajstić information content (AvgIpc) is 3.17. The SMILES string of the molecule is COc1ccc(CC(=O)NN=Cc2cn(Cc3ccccc3)c3ccccc23)cc1OC. The fourth-order valence-electron chi connectivity index (χ4n) is 3.68. The number of nitrogens with zero attached hydrogens (tertiary/aromatic N) is 2. The first-order valence-corrected chi connectivity index (χ1v) is 10.3. The van der Waals surface area contributed by atoms with Gasteiger partial charge in [-0.3, -0.25) is 4.79 Å². The molecular formula is C26H25N3O3. The molecule has 0 aliphatic rings. The van der Waals surface area contributed by atoms with Crippen molar-refractivity contribution < 1.29 is 14.3 Å². The number of carbonyl (C=O) groups excluding carboxylic acids is 1. The van der Waals surface area contributed by atoms with Gasteiger partial charge in [-0.05, 0) is 29.3 Å².